The highest BCUT2D eigenvalue weighted by atomic mass is 19.1. The van der Waals surface area contributed by atoms with E-state index in [9.17, 15) is 13.6 Å². The van der Waals surface area contributed by atoms with Crippen LogP contribution in [0.5, 0.6) is 0 Å². The summed E-state index contributed by atoms with van der Waals surface area (Å²) in [5.74, 6) is -0.632. The van der Waals surface area contributed by atoms with E-state index >= 15 is 0 Å². The molecule has 2 aliphatic rings. The Morgan fingerprint density at radius 2 is 2.07 bits per heavy atom. The molecular weight excluding hydrogens is 378 g/mol. The van der Waals surface area contributed by atoms with Gasteiger partial charge in [0.15, 0.2) is 0 Å². The van der Waals surface area contributed by atoms with Gasteiger partial charge in [-0.1, -0.05) is 13.8 Å². The van der Waals surface area contributed by atoms with Crippen molar-refractivity contribution in [2.75, 3.05) is 26.3 Å². The van der Waals surface area contributed by atoms with Crippen molar-refractivity contribution < 1.29 is 18.3 Å². The molecule has 0 saturated carbocycles. The molecule has 156 valence electrons. The number of rotatable bonds is 4. The number of carbonyl (C=O) groups is 1. The molecule has 1 amide bonds. The summed E-state index contributed by atoms with van der Waals surface area (Å²) in [7, 11) is 0. The molecule has 2 saturated heterocycles. The van der Waals surface area contributed by atoms with E-state index in [0.29, 0.717) is 32.2 Å². The summed E-state index contributed by atoms with van der Waals surface area (Å²) in [5.41, 5.74) is -0.274. The normalized spacial score (nSPS) is 21.3. The number of aromatic nitrogens is 3. The van der Waals surface area contributed by atoms with Gasteiger partial charge >= 0.3 is 0 Å². The molecule has 1 aromatic heterocycles. The summed E-state index contributed by atoms with van der Waals surface area (Å²) >= 11 is 0. The summed E-state index contributed by atoms with van der Waals surface area (Å²) in [6.45, 7) is 7.26. The average Bonchev–Trinajstić information content (AvgIpc) is 3.26. The number of halogens is 2. The zero-order chi connectivity index (χ0) is 20.6. The Bertz CT molecular complexity index is 893. The molecule has 6 nitrogen and oxygen atoms in total. The predicted molar refractivity (Wildman–Crippen MR) is 102 cm³/mol. The first-order valence-electron chi connectivity index (χ1n) is 10.1. The predicted octanol–water partition coefficient (Wildman–Crippen LogP) is 3.25. The lowest BCUT2D eigenvalue weighted by Crippen LogP contribution is -2.38. The van der Waals surface area contributed by atoms with Crippen molar-refractivity contribution in [2.24, 2.45) is 11.3 Å². The van der Waals surface area contributed by atoms with Crippen molar-refractivity contribution in [1.29, 1.82) is 0 Å². The van der Waals surface area contributed by atoms with Gasteiger partial charge < -0.3 is 14.2 Å². The summed E-state index contributed by atoms with van der Waals surface area (Å²) in [5, 5.41) is 8.53. The van der Waals surface area contributed by atoms with Crippen molar-refractivity contribution in [3.63, 3.8) is 0 Å². The zero-order valence-electron chi connectivity index (χ0n) is 16.8. The van der Waals surface area contributed by atoms with Gasteiger partial charge in [0.05, 0.1) is 5.56 Å². The molecule has 2 aliphatic heterocycles. The van der Waals surface area contributed by atoms with Gasteiger partial charge in [0.1, 0.15) is 23.8 Å². The molecule has 0 radical (unpaired) electrons. The van der Waals surface area contributed by atoms with Crippen molar-refractivity contribution in [3.05, 3.63) is 47.5 Å². The monoisotopic (exact) mass is 404 g/mol. The highest BCUT2D eigenvalue weighted by molar-refractivity contribution is 5.94. The third-order valence-corrected chi connectivity index (χ3v) is 6.10. The summed E-state index contributed by atoms with van der Waals surface area (Å²) in [4.78, 5) is 14.8. The minimum absolute atomic E-state index is 0.000101. The fraction of sp³-hybridized carbons (Fsp3) is 0.571. The molecule has 2 fully saturated rings. The van der Waals surface area contributed by atoms with E-state index < -0.39 is 17.5 Å². The van der Waals surface area contributed by atoms with Crippen LogP contribution in [0.3, 0.4) is 0 Å². The van der Waals surface area contributed by atoms with Crippen LogP contribution >= 0.6 is 0 Å². The lowest BCUT2D eigenvalue weighted by atomic mass is 9.71. The Morgan fingerprint density at radius 1 is 1.31 bits per heavy atom. The first-order chi connectivity index (χ1) is 13.9. The summed E-state index contributed by atoms with van der Waals surface area (Å²) in [6, 6.07) is 3.09. The van der Waals surface area contributed by atoms with Crippen LogP contribution in [0.2, 0.25) is 0 Å². The number of nitrogens with zero attached hydrogens (tertiary/aromatic N) is 4. The van der Waals surface area contributed by atoms with Crippen LogP contribution in [0.1, 0.15) is 48.8 Å². The smallest absolute Gasteiger partial charge is 0.256 e. The van der Waals surface area contributed by atoms with E-state index in [4.69, 9.17) is 4.74 Å². The molecule has 2 aromatic rings. The molecule has 0 aliphatic carbocycles. The van der Waals surface area contributed by atoms with Gasteiger partial charge in [0.2, 0.25) is 0 Å². The molecule has 4 rings (SSSR count). The van der Waals surface area contributed by atoms with Gasteiger partial charge in [0.25, 0.3) is 5.91 Å². The number of likely N-dealkylation sites (tertiary alicyclic amines) is 1. The third kappa shape index (κ3) is 3.77. The van der Waals surface area contributed by atoms with Gasteiger partial charge in [-0.2, -0.15) is 0 Å². The number of hydrogen-bond donors (Lipinski definition) is 0. The van der Waals surface area contributed by atoms with Crippen LogP contribution in [0.4, 0.5) is 8.78 Å². The van der Waals surface area contributed by atoms with Gasteiger partial charge in [-0.25, -0.2) is 8.78 Å². The fourth-order valence-corrected chi connectivity index (χ4v) is 4.66. The standard InChI is InChI=1S/C21H26F2N4O2/c1-14(2)10-27-13-24-25-19(27)17-11-26(12-21(17)5-7-29-8-6-21)20(28)16-4-3-15(22)9-18(16)23/h3-4,9,13-14,17H,5-8,10-12H2,1-2H3. The Kier molecular flexibility index (Phi) is 5.38. The Labute approximate surface area is 168 Å². The van der Waals surface area contributed by atoms with Crippen molar-refractivity contribution in [1.82, 2.24) is 19.7 Å². The molecule has 1 aromatic carbocycles. The molecule has 29 heavy (non-hydrogen) atoms. The maximum atomic E-state index is 14.2. The number of ether oxygens (including phenoxy) is 1. The van der Waals surface area contributed by atoms with Crippen LogP contribution in [-0.4, -0.2) is 51.9 Å². The highest BCUT2D eigenvalue weighted by Gasteiger charge is 2.51. The summed E-state index contributed by atoms with van der Waals surface area (Å²) in [6.07, 6.45) is 3.36. The Hall–Kier alpha value is -2.35. The molecule has 3 heterocycles. The second-order valence-corrected chi connectivity index (χ2v) is 8.57. The Balaban J connectivity index is 1.66. The SMILES string of the molecule is CC(C)Cn1cnnc1C1CN(C(=O)c2ccc(F)cc2F)CC12CCOCC2. The number of hydrogen-bond acceptors (Lipinski definition) is 4. The Morgan fingerprint density at radius 3 is 2.76 bits per heavy atom. The molecule has 1 atom stereocenters. The molecule has 1 unspecified atom stereocenters. The quantitative estimate of drug-likeness (QED) is 0.785. The highest BCUT2D eigenvalue weighted by Crippen LogP contribution is 2.49. The minimum Gasteiger partial charge on any atom is -0.381 e. The first-order valence-corrected chi connectivity index (χ1v) is 10.1. The van der Waals surface area contributed by atoms with Crippen molar-refractivity contribution in [3.8, 4) is 0 Å². The van der Waals surface area contributed by atoms with Gasteiger partial charge in [-0.3, -0.25) is 4.79 Å². The van der Waals surface area contributed by atoms with Crippen LogP contribution in [0.15, 0.2) is 24.5 Å². The third-order valence-electron chi connectivity index (χ3n) is 6.10. The zero-order valence-corrected chi connectivity index (χ0v) is 16.8. The fourth-order valence-electron chi connectivity index (χ4n) is 4.66. The minimum atomic E-state index is -0.831. The van der Waals surface area contributed by atoms with E-state index in [2.05, 4.69) is 28.6 Å². The second-order valence-electron chi connectivity index (χ2n) is 8.57. The van der Waals surface area contributed by atoms with Crippen molar-refractivity contribution in [2.45, 2.75) is 39.2 Å². The maximum absolute atomic E-state index is 14.2. The topological polar surface area (TPSA) is 60.2 Å². The largest absolute Gasteiger partial charge is 0.381 e. The lowest BCUT2D eigenvalue weighted by molar-refractivity contribution is 0.0106. The van der Waals surface area contributed by atoms with Gasteiger partial charge in [-0.15, -0.1) is 10.2 Å². The lowest BCUT2D eigenvalue weighted by Gasteiger charge is -2.37. The van der Waals surface area contributed by atoms with E-state index in [1.54, 1.807) is 11.2 Å². The van der Waals surface area contributed by atoms with Crippen LogP contribution in [-0.2, 0) is 11.3 Å². The number of amides is 1. The maximum Gasteiger partial charge on any atom is 0.256 e. The molecular formula is C21H26F2N4O2. The average molecular weight is 404 g/mol. The molecule has 8 heteroatoms. The number of carbonyl (C=O) groups excluding carboxylic acids is 1. The van der Waals surface area contributed by atoms with E-state index in [1.165, 1.54) is 6.07 Å². The number of benzene rings is 1. The van der Waals surface area contributed by atoms with Crippen molar-refractivity contribution >= 4 is 5.91 Å². The first kappa shape index (κ1) is 19.9. The molecule has 1 spiro atoms. The van der Waals surface area contributed by atoms with E-state index in [1.807, 2.05) is 0 Å². The second kappa shape index (κ2) is 7.82. The van der Waals surface area contributed by atoms with Crippen LogP contribution < -0.4 is 0 Å². The summed E-state index contributed by atoms with van der Waals surface area (Å²) < 4.78 is 35.2. The van der Waals surface area contributed by atoms with E-state index in [0.717, 1.165) is 37.3 Å². The van der Waals surface area contributed by atoms with Gasteiger partial charge in [-0.05, 0) is 30.9 Å². The molecule has 0 bridgehead atoms. The molecule has 0 N–H and O–H groups in total. The van der Waals surface area contributed by atoms with Gasteiger partial charge in [0, 0.05) is 50.2 Å². The van der Waals surface area contributed by atoms with Crippen LogP contribution in [0, 0.1) is 23.0 Å². The van der Waals surface area contributed by atoms with E-state index in [-0.39, 0.29) is 16.9 Å². The van der Waals surface area contributed by atoms with Crippen LogP contribution in [0.25, 0.3) is 0 Å².